The number of thiocarbonyl (C=S) groups is 1. The first kappa shape index (κ1) is 40.5. The predicted molar refractivity (Wildman–Crippen MR) is 116 cm³/mol. The van der Waals surface area contributed by atoms with Crippen molar-refractivity contribution in [1.29, 1.82) is 0 Å². The largest absolute Gasteiger partial charge is 0.475 e. The number of ether oxygens (including phenoxy) is 2. The topological polar surface area (TPSA) is 35.5 Å². The maximum atomic E-state index is 15.0. The lowest BCUT2D eigenvalue weighted by molar-refractivity contribution is -0.461. The fourth-order valence-electron chi connectivity index (χ4n) is 2.70. The molecule has 0 aliphatic carbocycles. The molecular weight excluding hydrogens is 675 g/mol. The zero-order valence-corrected chi connectivity index (χ0v) is 23.1. The third-order valence-electron chi connectivity index (χ3n) is 5.78. The molecule has 0 fully saturated rings. The molecule has 0 rings (SSSR count). The van der Waals surface area contributed by atoms with Crippen molar-refractivity contribution in [2.24, 2.45) is 11.8 Å². The molecule has 0 aromatic rings. The van der Waals surface area contributed by atoms with Crippen molar-refractivity contribution < 1.29 is 88.9 Å². The smallest absolute Gasteiger partial charge is 0.460 e. The van der Waals surface area contributed by atoms with Crippen molar-refractivity contribution in [2.75, 3.05) is 7.11 Å². The summed E-state index contributed by atoms with van der Waals surface area (Å²) < 4.78 is 241. The van der Waals surface area contributed by atoms with E-state index in [4.69, 9.17) is 4.74 Å². The van der Waals surface area contributed by atoms with E-state index in [-0.39, 0.29) is 0 Å². The number of esters is 1. The van der Waals surface area contributed by atoms with Gasteiger partial charge >= 0.3 is 53.6 Å². The molecule has 0 N–H and O–H groups in total. The summed E-state index contributed by atoms with van der Waals surface area (Å²) in [5, 5.41) is -3.61. The van der Waals surface area contributed by atoms with Gasteiger partial charge in [-0.15, -0.1) is 0 Å². The van der Waals surface area contributed by atoms with Gasteiger partial charge in [0.05, 0.1) is 24.4 Å². The molecule has 42 heavy (non-hydrogen) atoms. The molecule has 0 aromatic carbocycles. The van der Waals surface area contributed by atoms with Crippen LogP contribution in [0.15, 0.2) is 0 Å². The van der Waals surface area contributed by atoms with Gasteiger partial charge in [0.2, 0.25) is 4.38 Å². The first-order valence-electron chi connectivity index (χ1n) is 10.9. The van der Waals surface area contributed by atoms with E-state index in [1.54, 1.807) is 0 Å². The standard InChI is InChI=1S/C20H21F17O3S2/c1-7(2)9(4)40-12(41)42-10(6-8(3)11(38)39-5)13(21,22)14(23,24)15(25,26)16(27,28)17(29,30)18(31,32)19(33,34)20(35,36)37/h7-10H,6H2,1-5H3. The van der Waals surface area contributed by atoms with Crippen molar-refractivity contribution in [2.45, 2.75) is 93.1 Å². The van der Waals surface area contributed by atoms with Crippen molar-refractivity contribution in [3.8, 4) is 0 Å². The van der Waals surface area contributed by atoms with E-state index in [0.717, 1.165) is 0 Å². The van der Waals surface area contributed by atoms with Crippen LogP contribution >= 0.6 is 24.0 Å². The molecule has 3 unspecified atom stereocenters. The average molecular weight is 696 g/mol. The van der Waals surface area contributed by atoms with E-state index in [9.17, 15) is 79.4 Å². The Morgan fingerprint density at radius 1 is 0.667 bits per heavy atom. The molecule has 0 saturated heterocycles. The number of hydrogen-bond donors (Lipinski definition) is 0. The fourth-order valence-corrected chi connectivity index (χ4v) is 4.32. The lowest BCUT2D eigenvalue weighted by Gasteiger charge is -2.44. The van der Waals surface area contributed by atoms with Gasteiger partial charge < -0.3 is 9.47 Å². The highest BCUT2D eigenvalue weighted by atomic mass is 32.2. The zero-order valence-electron chi connectivity index (χ0n) is 21.5. The summed E-state index contributed by atoms with van der Waals surface area (Å²) in [5.74, 6) is -61.4. The summed E-state index contributed by atoms with van der Waals surface area (Å²) in [5.41, 5.74) is 0. The Labute approximate surface area is 235 Å². The molecule has 0 aromatic heterocycles. The number of alkyl halides is 17. The highest BCUT2D eigenvalue weighted by Crippen LogP contribution is 2.64. The molecule has 3 atom stereocenters. The summed E-state index contributed by atoms with van der Waals surface area (Å²) in [4.78, 5) is 11.6. The number of halogens is 17. The Bertz CT molecular complexity index is 966. The lowest BCUT2D eigenvalue weighted by atomic mass is 9.87. The van der Waals surface area contributed by atoms with E-state index in [0.29, 0.717) is 14.0 Å². The van der Waals surface area contributed by atoms with Crippen LogP contribution in [-0.4, -0.2) is 76.4 Å². The molecule has 0 spiro atoms. The Kier molecular flexibility index (Phi) is 12.0. The Morgan fingerprint density at radius 3 is 1.36 bits per heavy atom. The lowest BCUT2D eigenvalue weighted by Crippen LogP contribution is -2.75. The molecule has 3 nitrogen and oxygen atoms in total. The fraction of sp³-hybridized carbons (Fsp3) is 0.900. The second kappa shape index (κ2) is 12.5. The Hall–Kier alpha value is -1.48. The number of methoxy groups -OCH3 is 1. The summed E-state index contributed by atoms with van der Waals surface area (Å²) in [7, 11) is 0.624. The number of carbonyl (C=O) groups is 1. The van der Waals surface area contributed by atoms with E-state index >= 15 is 0 Å². The molecule has 22 heteroatoms. The number of thioether (sulfide) groups is 1. The summed E-state index contributed by atoms with van der Waals surface area (Å²) in [6, 6.07) is 0. The van der Waals surface area contributed by atoms with Crippen molar-refractivity contribution in [1.82, 2.24) is 0 Å². The molecule has 0 saturated carbocycles. The second-order valence-electron chi connectivity index (χ2n) is 9.15. The van der Waals surface area contributed by atoms with Gasteiger partial charge in [0.25, 0.3) is 0 Å². The molecule has 0 radical (unpaired) electrons. The number of rotatable bonds is 13. The van der Waals surface area contributed by atoms with Crippen LogP contribution in [0.25, 0.3) is 0 Å². The number of carbonyl (C=O) groups excluding carboxylic acids is 1. The molecule has 0 aliphatic heterocycles. The minimum atomic E-state index is -8.74. The van der Waals surface area contributed by atoms with E-state index in [1.807, 2.05) is 0 Å². The monoisotopic (exact) mass is 696 g/mol. The van der Waals surface area contributed by atoms with Crippen molar-refractivity contribution in [3.05, 3.63) is 0 Å². The molecule has 0 aliphatic rings. The Balaban J connectivity index is 7.03. The molecular formula is C20H21F17O3S2. The minimum Gasteiger partial charge on any atom is -0.475 e. The van der Waals surface area contributed by atoms with Crippen LogP contribution in [0.5, 0.6) is 0 Å². The van der Waals surface area contributed by atoms with Crippen LogP contribution in [0.1, 0.15) is 34.1 Å². The SMILES string of the molecule is COC(=O)C(C)CC(SC(=S)OC(C)C(C)C)C(F)(F)C(F)(F)C(F)(F)C(F)(F)C(F)(F)C(F)(F)C(F)(F)C(F)(F)F. The van der Waals surface area contributed by atoms with Gasteiger partial charge in [-0.3, -0.25) is 4.79 Å². The third-order valence-corrected chi connectivity index (χ3v) is 7.23. The van der Waals surface area contributed by atoms with Crippen LogP contribution in [-0.2, 0) is 14.3 Å². The van der Waals surface area contributed by atoms with Gasteiger partial charge in [-0.2, -0.15) is 74.6 Å². The second-order valence-corrected chi connectivity index (χ2v) is 11.0. The summed E-state index contributed by atoms with van der Waals surface area (Å²) in [6.45, 7) is 4.76. The number of hydrogen-bond acceptors (Lipinski definition) is 5. The maximum absolute atomic E-state index is 15.0. The van der Waals surface area contributed by atoms with E-state index < -0.39 is 99.4 Å². The Morgan fingerprint density at radius 2 is 1.02 bits per heavy atom. The van der Waals surface area contributed by atoms with Crippen molar-refractivity contribution in [3.63, 3.8) is 0 Å². The van der Waals surface area contributed by atoms with Crippen LogP contribution in [0.2, 0.25) is 0 Å². The van der Waals surface area contributed by atoms with Crippen LogP contribution in [0.4, 0.5) is 74.6 Å². The minimum absolute atomic E-state index is 0.486. The first-order chi connectivity index (χ1) is 18.2. The average Bonchev–Trinajstić information content (AvgIpc) is 2.81. The van der Waals surface area contributed by atoms with Crippen LogP contribution in [0, 0.1) is 11.8 Å². The van der Waals surface area contributed by atoms with Gasteiger partial charge in [-0.25, -0.2) is 0 Å². The van der Waals surface area contributed by atoms with Gasteiger partial charge in [-0.05, 0) is 31.5 Å². The maximum Gasteiger partial charge on any atom is 0.460 e. The first-order valence-corrected chi connectivity index (χ1v) is 12.2. The summed E-state index contributed by atoms with van der Waals surface area (Å²) >= 11 is 3.73. The summed E-state index contributed by atoms with van der Waals surface area (Å²) in [6.07, 6.45) is -10.6. The zero-order chi connectivity index (χ0) is 34.3. The van der Waals surface area contributed by atoms with Gasteiger partial charge in [0.1, 0.15) is 0 Å². The van der Waals surface area contributed by atoms with Crippen molar-refractivity contribution >= 4 is 34.3 Å². The molecule has 0 amide bonds. The van der Waals surface area contributed by atoms with Crippen LogP contribution in [0.3, 0.4) is 0 Å². The predicted octanol–water partition coefficient (Wildman–Crippen LogP) is 8.64. The third kappa shape index (κ3) is 6.77. The molecule has 250 valence electrons. The molecule has 0 bridgehead atoms. The molecule has 0 heterocycles. The highest BCUT2D eigenvalue weighted by molar-refractivity contribution is 8.23. The highest BCUT2D eigenvalue weighted by Gasteiger charge is 2.95. The van der Waals surface area contributed by atoms with Gasteiger partial charge in [-0.1, -0.05) is 32.5 Å². The van der Waals surface area contributed by atoms with E-state index in [2.05, 4.69) is 17.0 Å². The van der Waals surface area contributed by atoms with Gasteiger partial charge in [0.15, 0.2) is 0 Å². The normalized spacial score (nSPS) is 17.1. The van der Waals surface area contributed by atoms with Crippen LogP contribution < -0.4 is 0 Å². The quantitative estimate of drug-likeness (QED) is 0.110. The van der Waals surface area contributed by atoms with E-state index in [1.165, 1.54) is 20.8 Å². The van der Waals surface area contributed by atoms with Gasteiger partial charge in [0, 0.05) is 0 Å².